The molecule has 6 aromatic rings. The maximum atomic E-state index is 12.8. The number of alkyl halides is 3. The number of hydrogen-bond acceptors (Lipinski definition) is 3. The Hall–Kier alpha value is -3.78. The van der Waals surface area contributed by atoms with Crippen LogP contribution in [0, 0.1) is 0 Å². The Kier molecular flexibility index (Phi) is 3.98. The van der Waals surface area contributed by atoms with Crippen molar-refractivity contribution in [3.8, 4) is 5.75 Å². The lowest BCUT2D eigenvalue weighted by molar-refractivity contribution is -0.0500. The van der Waals surface area contributed by atoms with E-state index in [9.17, 15) is 21.6 Å². The van der Waals surface area contributed by atoms with E-state index < -0.39 is 21.4 Å². The van der Waals surface area contributed by atoms with Crippen LogP contribution in [0.4, 0.5) is 13.2 Å². The van der Waals surface area contributed by atoms with Crippen molar-refractivity contribution in [2.24, 2.45) is 0 Å². The monoisotopic (exact) mass is 465 g/mol. The standard InChI is InChI=1S/C25H14F3NO3S/c26-25(27,28)33(30,31)32-14-9-10-17-19(11-14)15-5-1-2-6-16(15)21-13-24-22(12-20(17)21)18-7-3-4-8-23(18)29-24/h1-13,29H. The van der Waals surface area contributed by atoms with Gasteiger partial charge in [-0.3, -0.25) is 0 Å². The van der Waals surface area contributed by atoms with Gasteiger partial charge in [-0.25, -0.2) is 0 Å². The smallest absolute Gasteiger partial charge is 0.376 e. The lowest BCUT2D eigenvalue weighted by Crippen LogP contribution is -2.28. The number of aromatic nitrogens is 1. The summed E-state index contributed by atoms with van der Waals surface area (Å²) in [5.74, 6) is -0.391. The number of benzene rings is 5. The minimum absolute atomic E-state index is 0.391. The first-order valence-corrected chi connectivity index (χ1v) is 11.4. The molecule has 0 unspecified atom stereocenters. The highest BCUT2D eigenvalue weighted by Crippen LogP contribution is 2.40. The van der Waals surface area contributed by atoms with E-state index >= 15 is 0 Å². The minimum atomic E-state index is -5.76. The predicted octanol–water partition coefficient (Wildman–Crippen LogP) is 7.01. The average molecular weight is 465 g/mol. The number of nitrogens with one attached hydrogen (secondary N) is 1. The maximum Gasteiger partial charge on any atom is 0.534 e. The molecule has 5 aromatic carbocycles. The average Bonchev–Trinajstić information content (AvgIpc) is 3.15. The van der Waals surface area contributed by atoms with Crippen LogP contribution >= 0.6 is 0 Å². The van der Waals surface area contributed by atoms with Gasteiger partial charge in [-0.2, -0.15) is 21.6 Å². The maximum absolute atomic E-state index is 12.8. The van der Waals surface area contributed by atoms with Gasteiger partial charge < -0.3 is 9.17 Å². The van der Waals surface area contributed by atoms with Crippen LogP contribution in [0.1, 0.15) is 0 Å². The van der Waals surface area contributed by atoms with E-state index in [4.69, 9.17) is 0 Å². The molecule has 0 aliphatic rings. The molecule has 0 spiro atoms. The van der Waals surface area contributed by atoms with Crippen molar-refractivity contribution in [3.05, 3.63) is 78.9 Å². The first-order chi connectivity index (χ1) is 15.7. The fourth-order valence-corrected chi connectivity index (χ4v) is 4.95. The first kappa shape index (κ1) is 19.9. The van der Waals surface area contributed by atoms with E-state index in [-0.39, 0.29) is 0 Å². The molecule has 1 aromatic heterocycles. The van der Waals surface area contributed by atoms with Gasteiger partial charge in [0.15, 0.2) is 0 Å². The van der Waals surface area contributed by atoms with E-state index in [0.717, 1.165) is 48.7 Å². The van der Waals surface area contributed by atoms with Crippen LogP contribution in [-0.4, -0.2) is 18.9 Å². The largest absolute Gasteiger partial charge is 0.534 e. The van der Waals surface area contributed by atoms with Crippen LogP contribution in [0.3, 0.4) is 0 Å². The Morgan fingerprint density at radius 2 is 1.18 bits per heavy atom. The second kappa shape index (κ2) is 6.62. The molecule has 0 radical (unpaired) electrons. The fraction of sp³-hybridized carbons (Fsp3) is 0.0400. The molecule has 0 fully saturated rings. The number of para-hydroxylation sites is 1. The van der Waals surface area contributed by atoms with Gasteiger partial charge in [-0.15, -0.1) is 0 Å². The molecule has 4 nitrogen and oxygen atoms in total. The molecule has 0 saturated heterocycles. The van der Waals surface area contributed by atoms with Gasteiger partial charge >= 0.3 is 15.6 Å². The van der Waals surface area contributed by atoms with Gasteiger partial charge in [0.05, 0.1) is 0 Å². The number of hydrogen-bond donors (Lipinski definition) is 1. The van der Waals surface area contributed by atoms with E-state index in [0.29, 0.717) is 5.39 Å². The molecular formula is C25H14F3NO3S. The van der Waals surface area contributed by atoms with Crippen LogP contribution < -0.4 is 4.18 Å². The van der Waals surface area contributed by atoms with E-state index in [1.807, 2.05) is 48.5 Å². The van der Waals surface area contributed by atoms with Crippen molar-refractivity contribution in [3.63, 3.8) is 0 Å². The lowest BCUT2D eigenvalue weighted by atomic mass is 9.93. The third kappa shape index (κ3) is 2.94. The predicted molar refractivity (Wildman–Crippen MR) is 124 cm³/mol. The second-order valence-corrected chi connectivity index (χ2v) is 9.39. The molecule has 0 saturated carbocycles. The van der Waals surface area contributed by atoms with Gasteiger partial charge in [0, 0.05) is 21.8 Å². The molecule has 164 valence electrons. The summed E-state index contributed by atoms with van der Waals surface area (Å²) in [4.78, 5) is 3.44. The summed E-state index contributed by atoms with van der Waals surface area (Å²) < 4.78 is 65.9. The zero-order chi connectivity index (χ0) is 23.0. The summed E-state index contributed by atoms with van der Waals surface area (Å²) in [5.41, 5.74) is -3.53. The highest BCUT2D eigenvalue weighted by Gasteiger charge is 2.48. The van der Waals surface area contributed by atoms with E-state index in [1.54, 1.807) is 6.07 Å². The molecule has 0 bridgehead atoms. The van der Waals surface area contributed by atoms with Gasteiger partial charge in [0.2, 0.25) is 0 Å². The molecule has 8 heteroatoms. The molecule has 1 N–H and O–H groups in total. The molecule has 0 aliphatic carbocycles. The Morgan fingerprint density at radius 3 is 1.88 bits per heavy atom. The van der Waals surface area contributed by atoms with Crippen molar-refractivity contribution >= 4 is 64.2 Å². The quantitative estimate of drug-likeness (QED) is 0.170. The van der Waals surface area contributed by atoms with Gasteiger partial charge in [-0.05, 0) is 68.7 Å². The van der Waals surface area contributed by atoms with Crippen LogP contribution in [0.2, 0.25) is 0 Å². The third-order valence-electron chi connectivity index (χ3n) is 5.92. The second-order valence-electron chi connectivity index (χ2n) is 7.85. The van der Waals surface area contributed by atoms with Crippen LogP contribution in [0.15, 0.2) is 78.9 Å². The summed E-state index contributed by atoms with van der Waals surface area (Å²) in [6, 6.07) is 23.8. The highest BCUT2D eigenvalue weighted by molar-refractivity contribution is 7.88. The number of halogens is 3. The Balaban J connectivity index is 1.70. The lowest BCUT2D eigenvalue weighted by Gasteiger charge is -2.13. The van der Waals surface area contributed by atoms with E-state index in [1.165, 1.54) is 12.1 Å². The van der Waals surface area contributed by atoms with Gasteiger partial charge in [-0.1, -0.05) is 42.5 Å². The number of rotatable bonds is 2. The fourth-order valence-electron chi connectivity index (χ4n) is 4.50. The molecule has 0 aliphatic heterocycles. The third-order valence-corrected chi connectivity index (χ3v) is 6.90. The van der Waals surface area contributed by atoms with Gasteiger partial charge in [0.1, 0.15) is 5.75 Å². The Morgan fingerprint density at radius 1 is 0.606 bits per heavy atom. The van der Waals surface area contributed by atoms with E-state index in [2.05, 4.69) is 21.3 Å². The Bertz CT molecular complexity index is 1850. The van der Waals surface area contributed by atoms with Crippen molar-refractivity contribution in [2.45, 2.75) is 5.51 Å². The normalized spacial score (nSPS) is 12.9. The molecule has 0 atom stereocenters. The molecule has 1 heterocycles. The zero-order valence-electron chi connectivity index (χ0n) is 16.8. The van der Waals surface area contributed by atoms with Crippen molar-refractivity contribution in [2.75, 3.05) is 0 Å². The van der Waals surface area contributed by atoms with Crippen LogP contribution in [-0.2, 0) is 10.1 Å². The van der Waals surface area contributed by atoms with Crippen LogP contribution in [0.25, 0.3) is 54.1 Å². The molecule has 0 amide bonds. The van der Waals surface area contributed by atoms with Crippen molar-refractivity contribution in [1.29, 1.82) is 0 Å². The highest BCUT2D eigenvalue weighted by atomic mass is 32.2. The summed E-state index contributed by atoms with van der Waals surface area (Å²) in [6.45, 7) is 0. The molecule has 33 heavy (non-hydrogen) atoms. The molecule has 6 rings (SSSR count). The summed E-state index contributed by atoms with van der Waals surface area (Å²) in [7, 11) is -5.76. The summed E-state index contributed by atoms with van der Waals surface area (Å²) >= 11 is 0. The summed E-state index contributed by atoms with van der Waals surface area (Å²) in [6.07, 6.45) is 0. The summed E-state index contributed by atoms with van der Waals surface area (Å²) in [5, 5.41) is 7.04. The number of H-pyrrole nitrogens is 1. The number of fused-ring (bicyclic) bond motifs is 9. The Labute approximate surface area is 185 Å². The SMILES string of the molecule is O=S(=O)(Oc1ccc2c(c1)c1ccccc1c1cc3[nH]c4ccccc4c3cc21)C(F)(F)F. The van der Waals surface area contributed by atoms with Gasteiger partial charge in [0.25, 0.3) is 0 Å². The van der Waals surface area contributed by atoms with Crippen molar-refractivity contribution < 1.29 is 25.8 Å². The topological polar surface area (TPSA) is 59.2 Å². The van der Waals surface area contributed by atoms with Crippen molar-refractivity contribution in [1.82, 2.24) is 4.98 Å². The zero-order valence-corrected chi connectivity index (χ0v) is 17.6. The first-order valence-electron chi connectivity index (χ1n) is 10.0. The number of aromatic amines is 1. The minimum Gasteiger partial charge on any atom is -0.376 e. The van der Waals surface area contributed by atoms with Crippen LogP contribution in [0.5, 0.6) is 5.75 Å². The molecular weight excluding hydrogens is 451 g/mol.